The van der Waals surface area contributed by atoms with Gasteiger partial charge in [-0.2, -0.15) is 9.67 Å². The van der Waals surface area contributed by atoms with Gasteiger partial charge in [-0.25, -0.2) is 0 Å². The maximum atomic E-state index is 12.1. The molecule has 9 heteroatoms. The summed E-state index contributed by atoms with van der Waals surface area (Å²) in [4.78, 5) is 3.99. The zero-order chi connectivity index (χ0) is 14.8. The van der Waals surface area contributed by atoms with E-state index >= 15 is 0 Å². The number of alkyl halides is 3. The summed E-state index contributed by atoms with van der Waals surface area (Å²) >= 11 is 3.11. The van der Waals surface area contributed by atoms with Gasteiger partial charge < -0.3 is 9.47 Å². The fourth-order valence-corrected chi connectivity index (χ4v) is 1.76. The lowest BCUT2D eigenvalue weighted by Crippen LogP contribution is -2.17. The summed E-state index contributed by atoms with van der Waals surface area (Å²) in [5.74, 6) is -0.307. The third-order valence-corrected chi connectivity index (χ3v) is 2.48. The van der Waals surface area contributed by atoms with Crippen LogP contribution < -0.4 is 9.47 Å². The molecular weight excluding hydrogens is 343 g/mol. The molecule has 0 radical (unpaired) electrons. The first-order valence-corrected chi connectivity index (χ1v) is 6.30. The summed E-state index contributed by atoms with van der Waals surface area (Å²) in [6.07, 6.45) is -4.71. The first-order chi connectivity index (χ1) is 9.39. The van der Waals surface area contributed by atoms with Crippen molar-refractivity contribution in [1.82, 2.24) is 14.8 Å². The molecule has 0 atom stereocenters. The molecule has 0 aliphatic carbocycles. The lowest BCUT2D eigenvalue weighted by Gasteiger charge is -2.10. The SMILES string of the molecule is CCOc1nc(Br)nn1-c1ccc(OC(F)(F)F)cc1. The summed E-state index contributed by atoms with van der Waals surface area (Å²) in [5.41, 5.74) is 0.501. The molecule has 0 fully saturated rings. The maximum absolute atomic E-state index is 12.1. The van der Waals surface area contributed by atoms with Gasteiger partial charge in [0, 0.05) is 0 Å². The fraction of sp³-hybridized carbons (Fsp3) is 0.273. The van der Waals surface area contributed by atoms with Crippen LogP contribution in [0.5, 0.6) is 11.8 Å². The van der Waals surface area contributed by atoms with Crippen molar-refractivity contribution in [3.05, 3.63) is 29.0 Å². The molecule has 0 saturated carbocycles. The lowest BCUT2D eigenvalue weighted by molar-refractivity contribution is -0.274. The van der Waals surface area contributed by atoms with E-state index in [1.54, 1.807) is 6.92 Å². The minimum absolute atomic E-state index is 0.240. The fourth-order valence-electron chi connectivity index (χ4n) is 1.45. The smallest absolute Gasteiger partial charge is 0.464 e. The Kier molecular flexibility index (Phi) is 4.17. The second kappa shape index (κ2) is 5.70. The Morgan fingerprint density at radius 2 is 1.90 bits per heavy atom. The van der Waals surface area contributed by atoms with E-state index in [0.717, 1.165) is 0 Å². The van der Waals surface area contributed by atoms with E-state index in [1.165, 1.54) is 28.9 Å². The molecule has 1 aromatic carbocycles. The number of benzene rings is 1. The van der Waals surface area contributed by atoms with Gasteiger partial charge in [0.05, 0.1) is 12.3 Å². The second-order valence-corrected chi connectivity index (χ2v) is 4.26. The first-order valence-electron chi connectivity index (χ1n) is 5.50. The topological polar surface area (TPSA) is 49.2 Å². The molecule has 0 bridgehead atoms. The quantitative estimate of drug-likeness (QED) is 0.847. The summed E-state index contributed by atoms with van der Waals surface area (Å²) < 4.78 is 46.9. The van der Waals surface area contributed by atoms with Gasteiger partial charge in [-0.05, 0) is 47.1 Å². The van der Waals surface area contributed by atoms with Crippen molar-refractivity contribution in [2.75, 3.05) is 6.61 Å². The van der Waals surface area contributed by atoms with Crippen LogP contribution in [-0.4, -0.2) is 27.7 Å². The van der Waals surface area contributed by atoms with Crippen molar-refractivity contribution in [2.24, 2.45) is 0 Å². The summed E-state index contributed by atoms with van der Waals surface area (Å²) in [5, 5.41) is 4.04. The minimum Gasteiger partial charge on any atom is -0.464 e. The molecule has 0 spiro atoms. The molecule has 108 valence electrons. The van der Waals surface area contributed by atoms with Crippen LogP contribution in [0.4, 0.5) is 13.2 Å². The molecule has 2 aromatic rings. The van der Waals surface area contributed by atoms with Crippen LogP contribution in [-0.2, 0) is 0 Å². The number of rotatable bonds is 4. The summed E-state index contributed by atoms with van der Waals surface area (Å²) in [6.45, 7) is 2.17. The van der Waals surface area contributed by atoms with Crippen LogP contribution in [0.15, 0.2) is 29.0 Å². The molecule has 20 heavy (non-hydrogen) atoms. The molecule has 0 aliphatic rings. The second-order valence-electron chi connectivity index (χ2n) is 3.55. The number of hydrogen-bond donors (Lipinski definition) is 0. The maximum Gasteiger partial charge on any atom is 0.573 e. The Balaban J connectivity index is 2.26. The largest absolute Gasteiger partial charge is 0.573 e. The zero-order valence-corrected chi connectivity index (χ0v) is 11.8. The van der Waals surface area contributed by atoms with E-state index in [2.05, 4.69) is 30.7 Å². The predicted molar refractivity (Wildman–Crippen MR) is 66.9 cm³/mol. The van der Waals surface area contributed by atoms with E-state index in [1.807, 2.05) is 0 Å². The Hall–Kier alpha value is -1.77. The molecule has 5 nitrogen and oxygen atoms in total. The number of aromatic nitrogens is 3. The van der Waals surface area contributed by atoms with Gasteiger partial charge in [0.25, 0.3) is 0 Å². The molecule has 0 unspecified atom stereocenters. The third kappa shape index (κ3) is 3.62. The molecular formula is C11H9BrF3N3O2. The van der Waals surface area contributed by atoms with Crippen molar-refractivity contribution >= 4 is 15.9 Å². The highest BCUT2D eigenvalue weighted by Crippen LogP contribution is 2.25. The van der Waals surface area contributed by atoms with Gasteiger partial charge in [0.2, 0.25) is 4.73 Å². The molecule has 2 rings (SSSR count). The van der Waals surface area contributed by atoms with Crippen molar-refractivity contribution in [3.63, 3.8) is 0 Å². The van der Waals surface area contributed by atoms with Crippen LogP contribution in [0.2, 0.25) is 0 Å². The number of halogens is 4. The molecule has 0 saturated heterocycles. The van der Waals surface area contributed by atoms with Gasteiger partial charge >= 0.3 is 12.4 Å². The van der Waals surface area contributed by atoms with Crippen LogP contribution in [0.25, 0.3) is 5.69 Å². The van der Waals surface area contributed by atoms with E-state index in [9.17, 15) is 13.2 Å². The van der Waals surface area contributed by atoms with Gasteiger partial charge in [0.15, 0.2) is 0 Å². The zero-order valence-electron chi connectivity index (χ0n) is 10.2. The Morgan fingerprint density at radius 3 is 2.45 bits per heavy atom. The summed E-state index contributed by atoms with van der Waals surface area (Å²) in [7, 11) is 0. The van der Waals surface area contributed by atoms with E-state index in [-0.39, 0.29) is 11.8 Å². The number of ether oxygens (including phenoxy) is 2. The third-order valence-electron chi connectivity index (χ3n) is 2.14. The van der Waals surface area contributed by atoms with Crippen LogP contribution >= 0.6 is 15.9 Å². The van der Waals surface area contributed by atoms with Crippen molar-refractivity contribution in [3.8, 4) is 17.4 Å². The summed E-state index contributed by atoms with van der Waals surface area (Å²) in [6, 6.07) is 5.46. The van der Waals surface area contributed by atoms with E-state index in [4.69, 9.17) is 4.74 Å². The van der Waals surface area contributed by atoms with Crippen LogP contribution in [0.1, 0.15) is 6.92 Å². The standard InChI is InChI=1S/C11H9BrF3N3O2/c1-2-19-10-16-9(12)17-18(10)7-3-5-8(6-4-7)20-11(13,14)15/h3-6H,2H2,1H3. The first kappa shape index (κ1) is 14.6. The highest BCUT2D eigenvalue weighted by atomic mass is 79.9. The van der Waals surface area contributed by atoms with Gasteiger partial charge in [-0.3, -0.25) is 0 Å². The van der Waals surface area contributed by atoms with E-state index < -0.39 is 6.36 Å². The van der Waals surface area contributed by atoms with Gasteiger partial charge in [-0.15, -0.1) is 18.3 Å². The van der Waals surface area contributed by atoms with Crippen LogP contribution in [0.3, 0.4) is 0 Å². The predicted octanol–water partition coefficient (Wildman–Crippen LogP) is 3.33. The van der Waals surface area contributed by atoms with Crippen molar-refractivity contribution in [2.45, 2.75) is 13.3 Å². The molecule has 1 heterocycles. The highest BCUT2D eigenvalue weighted by molar-refractivity contribution is 9.10. The molecule has 0 aliphatic heterocycles. The average Bonchev–Trinajstić information content (AvgIpc) is 2.70. The monoisotopic (exact) mass is 351 g/mol. The Bertz CT molecular complexity index is 584. The molecule has 0 N–H and O–H groups in total. The van der Waals surface area contributed by atoms with Crippen molar-refractivity contribution < 1.29 is 22.6 Å². The Labute approximate surface area is 120 Å². The normalized spacial score (nSPS) is 11.4. The van der Waals surface area contributed by atoms with Gasteiger partial charge in [-0.1, -0.05) is 0 Å². The Morgan fingerprint density at radius 1 is 1.25 bits per heavy atom. The number of hydrogen-bond acceptors (Lipinski definition) is 4. The molecule has 0 amide bonds. The van der Waals surface area contributed by atoms with Gasteiger partial charge in [0.1, 0.15) is 5.75 Å². The average molecular weight is 352 g/mol. The van der Waals surface area contributed by atoms with Crippen molar-refractivity contribution in [1.29, 1.82) is 0 Å². The highest BCUT2D eigenvalue weighted by Gasteiger charge is 2.31. The van der Waals surface area contributed by atoms with Crippen LogP contribution in [0, 0.1) is 0 Å². The van der Waals surface area contributed by atoms with E-state index in [0.29, 0.717) is 17.0 Å². The minimum atomic E-state index is -4.71. The number of nitrogens with zero attached hydrogens (tertiary/aromatic N) is 3. The molecule has 1 aromatic heterocycles. The lowest BCUT2D eigenvalue weighted by atomic mass is 10.3.